The summed E-state index contributed by atoms with van der Waals surface area (Å²) in [5.41, 5.74) is 4.58. The van der Waals surface area contributed by atoms with E-state index in [4.69, 9.17) is 19.6 Å². The van der Waals surface area contributed by atoms with Crippen molar-refractivity contribution in [3.8, 4) is 35.7 Å². The summed E-state index contributed by atoms with van der Waals surface area (Å²) in [6.45, 7) is -1.70. The Morgan fingerprint density at radius 1 is 1.21 bits per heavy atom. The summed E-state index contributed by atoms with van der Waals surface area (Å²) in [6, 6.07) is 6.75. The van der Waals surface area contributed by atoms with Crippen molar-refractivity contribution in [2.75, 3.05) is 36.8 Å². The Hall–Kier alpha value is -4.68. The Kier molecular flexibility index (Phi) is 6.39. The number of hydrogen-bond donors (Lipinski definition) is 1. The molecule has 2 N–H and O–H groups in total. The van der Waals surface area contributed by atoms with Crippen LogP contribution in [0.1, 0.15) is 40.4 Å². The molecule has 0 spiro atoms. The molecular weight excluding hydrogens is 610 g/mol. The number of halogens is 4. The predicted octanol–water partition coefficient (Wildman–Crippen LogP) is 5.72. The summed E-state index contributed by atoms with van der Waals surface area (Å²) in [4.78, 5) is 16.7. The van der Waals surface area contributed by atoms with Crippen LogP contribution in [0.3, 0.4) is 0 Å². The molecule has 5 heterocycles. The fraction of sp³-hybridized carbons (Fsp3) is 0.429. The van der Waals surface area contributed by atoms with Gasteiger partial charge in [-0.1, -0.05) is 12.0 Å². The van der Waals surface area contributed by atoms with Gasteiger partial charge in [-0.2, -0.15) is 15.2 Å². The number of ether oxygens (including phenoxy) is 1. The van der Waals surface area contributed by atoms with E-state index >= 15 is 8.78 Å². The number of fused-ring (bicyclic) bond motifs is 4. The second-order valence-electron chi connectivity index (χ2n) is 13.0. The fourth-order valence-electron chi connectivity index (χ4n) is 7.91. The molecule has 1 unspecified atom stereocenters. The lowest BCUT2D eigenvalue weighted by atomic mass is 9.95. The number of anilines is 2. The van der Waals surface area contributed by atoms with Crippen LogP contribution in [0.2, 0.25) is 0 Å². The van der Waals surface area contributed by atoms with E-state index < -0.39 is 54.0 Å². The summed E-state index contributed by atoms with van der Waals surface area (Å²) in [7, 11) is 0. The van der Waals surface area contributed by atoms with Crippen LogP contribution in [0.25, 0.3) is 32.9 Å². The molecule has 3 aliphatic heterocycles. The molecule has 4 fully saturated rings. The Labute approximate surface area is 271 Å². The lowest BCUT2D eigenvalue weighted by Crippen LogP contribution is -2.43. The van der Waals surface area contributed by atoms with E-state index in [1.165, 1.54) is 24.4 Å². The maximum atomic E-state index is 17.0. The molecule has 8 nitrogen and oxygen atoms in total. The monoisotopic (exact) mass is 643 g/mol. The molecule has 1 saturated carbocycles. The number of nitrogens with two attached hydrogens (primary N) is 1. The van der Waals surface area contributed by atoms with Crippen LogP contribution in [0.5, 0.6) is 6.01 Å². The van der Waals surface area contributed by atoms with Gasteiger partial charge in [-0.3, -0.25) is 9.88 Å². The molecule has 4 aromatic rings. The minimum atomic E-state index is -2.49. The van der Waals surface area contributed by atoms with Crippen molar-refractivity contribution in [2.24, 2.45) is 11.8 Å². The van der Waals surface area contributed by atoms with E-state index in [1.807, 2.05) is 0 Å². The molecule has 2 aromatic carbocycles. The number of nitrogens with zero attached hydrogens (tertiary/aromatic N) is 6. The first-order chi connectivity index (χ1) is 23.5. The highest BCUT2D eigenvalue weighted by atomic mass is 19.1. The van der Waals surface area contributed by atoms with Gasteiger partial charge < -0.3 is 15.4 Å². The van der Waals surface area contributed by atoms with Crippen molar-refractivity contribution in [3.05, 3.63) is 47.7 Å². The Morgan fingerprint density at radius 3 is 2.87 bits per heavy atom. The second kappa shape index (κ2) is 11.0. The quantitative estimate of drug-likeness (QED) is 0.167. The van der Waals surface area contributed by atoms with Gasteiger partial charge in [-0.25, -0.2) is 17.6 Å². The standard InChI is InChI=1S/C35H31F4N7O/c1-2-22-26(37)5-4-19-11-21(41)12-23(27(19)22)30-29(39)31-25(15-42-30)33(46-9-6-18(14-40)10-24-28(38)32(24)46)44-34(43-31)47-17-35-7-3-8-45(35)16-20(36)13-35/h1,4-5,11-12,15,18,20,24,28,32H,3,6-10,13,16-17,41H2/t18?,20-,24-,28+,32-,35+/m1/s1/i17D2. The van der Waals surface area contributed by atoms with Gasteiger partial charge in [0.1, 0.15) is 41.7 Å². The number of pyridine rings is 1. The van der Waals surface area contributed by atoms with Gasteiger partial charge in [0.25, 0.3) is 0 Å². The number of terminal acetylenes is 1. The maximum absolute atomic E-state index is 17.0. The van der Waals surface area contributed by atoms with Crippen LogP contribution >= 0.6 is 0 Å². The number of nitrogen functional groups attached to an aromatic ring is 1. The summed E-state index contributed by atoms with van der Waals surface area (Å²) >= 11 is 0. The normalized spacial score (nSPS) is 29.4. The molecule has 0 amide bonds. The molecule has 0 radical (unpaired) electrons. The van der Waals surface area contributed by atoms with Gasteiger partial charge in [0, 0.05) is 54.2 Å². The molecule has 3 saturated heterocycles. The predicted molar refractivity (Wildman–Crippen MR) is 169 cm³/mol. The molecule has 0 bridgehead atoms. The Bertz CT molecular complexity index is 2120. The van der Waals surface area contributed by atoms with Gasteiger partial charge >= 0.3 is 6.01 Å². The Morgan fingerprint density at radius 2 is 2.06 bits per heavy atom. The molecule has 8 rings (SSSR count). The van der Waals surface area contributed by atoms with Crippen molar-refractivity contribution in [1.29, 1.82) is 5.26 Å². The first-order valence-corrected chi connectivity index (χ1v) is 15.7. The van der Waals surface area contributed by atoms with Gasteiger partial charge in [0.05, 0.1) is 31.3 Å². The first-order valence-electron chi connectivity index (χ1n) is 16.7. The summed E-state index contributed by atoms with van der Waals surface area (Å²) < 4.78 is 85.8. The number of alkyl halides is 2. The summed E-state index contributed by atoms with van der Waals surface area (Å²) in [6.07, 6.45) is 6.16. The SMILES string of the molecule is [2H]C([2H])(Oc1nc(N2CCC(C#N)C[C@@H]3[C@H](F)[C@@H]32)c2cnc(-c3cc(N)cc4ccc(F)c(C#C)c34)c(F)c2n1)[C@@]12CCCN1C[C@H](F)C2. The van der Waals surface area contributed by atoms with Gasteiger partial charge in [0.15, 0.2) is 5.82 Å². The average molecular weight is 644 g/mol. The van der Waals surface area contributed by atoms with E-state index in [-0.39, 0.29) is 70.0 Å². The van der Waals surface area contributed by atoms with E-state index in [1.54, 1.807) is 15.9 Å². The van der Waals surface area contributed by atoms with Crippen molar-refractivity contribution in [1.82, 2.24) is 19.9 Å². The van der Waals surface area contributed by atoms with E-state index in [0.717, 1.165) is 0 Å². The largest absolute Gasteiger partial charge is 0.461 e. The zero-order chi connectivity index (χ0) is 34.4. The summed E-state index contributed by atoms with van der Waals surface area (Å²) in [5.74, 6) is -0.0694. The highest BCUT2D eigenvalue weighted by molar-refractivity contribution is 6.03. The highest BCUT2D eigenvalue weighted by Gasteiger charge is 2.57. The third kappa shape index (κ3) is 4.72. The van der Waals surface area contributed by atoms with Gasteiger partial charge in [0.2, 0.25) is 0 Å². The molecular formula is C35H31F4N7O. The minimum Gasteiger partial charge on any atom is -0.461 e. The van der Waals surface area contributed by atoms with Crippen molar-refractivity contribution < 1.29 is 25.0 Å². The lowest BCUT2D eigenvalue weighted by Gasteiger charge is -2.31. The topological polar surface area (TPSA) is 104 Å². The van der Waals surface area contributed by atoms with Crippen LogP contribution in [0, 0.1) is 47.1 Å². The minimum absolute atomic E-state index is 0.0690. The number of hydrogen-bond acceptors (Lipinski definition) is 8. The maximum Gasteiger partial charge on any atom is 0.319 e. The van der Waals surface area contributed by atoms with Crippen LogP contribution in [0.15, 0.2) is 30.5 Å². The van der Waals surface area contributed by atoms with Crippen LogP contribution in [-0.2, 0) is 0 Å². The first kappa shape index (κ1) is 27.4. The van der Waals surface area contributed by atoms with Crippen molar-refractivity contribution >= 4 is 33.2 Å². The molecule has 12 heteroatoms. The lowest BCUT2D eigenvalue weighted by molar-refractivity contribution is 0.107. The average Bonchev–Trinajstić information content (AvgIpc) is 3.37. The molecule has 4 aliphatic rings. The Balaban J connectivity index is 1.32. The molecule has 47 heavy (non-hydrogen) atoms. The van der Waals surface area contributed by atoms with E-state index in [9.17, 15) is 14.0 Å². The van der Waals surface area contributed by atoms with Crippen LogP contribution in [0.4, 0.5) is 29.1 Å². The van der Waals surface area contributed by atoms with Crippen molar-refractivity contribution in [3.63, 3.8) is 0 Å². The zero-order valence-electron chi connectivity index (χ0n) is 27.2. The van der Waals surface area contributed by atoms with Gasteiger partial charge in [-0.15, -0.1) is 6.42 Å². The number of rotatable bonds is 5. The molecule has 2 aromatic heterocycles. The summed E-state index contributed by atoms with van der Waals surface area (Å²) in [5, 5.41) is 10.4. The number of nitriles is 1. The second-order valence-corrected chi connectivity index (χ2v) is 13.0. The zero-order valence-corrected chi connectivity index (χ0v) is 25.2. The highest BCUT2D eigenvalue weighted by Crippen LogP contribution is 2.49. The van der Waals surface area contributed by atoms with Crippen molar-refractivity contribution in [2.45, 2.75) is 56.0 Å². The number of aromatic nitrogens is 3. The third-order valence-electron chi connectivity index (χ3n) is 10.2. The fourth-order valence-corrected chi connectivity index (χ4v) is 7.91. The molecule has 1 aliphatic carbocycles. The number of benzene rings is 2. The van der Waals surface area contributed by atoms with E-state index in [0.29, 0.717) is 37.6 Å². The van der Waals surface area contributed by atoms with Crippen LogP contribution < -0.4 is 15.4 Å². The van der Waals surface area contributed by atoms with Gasteiger partial charge in [-0.05, 0) is 55.8 Å². The van der Waals surface area contributed by atoms with Crippen LogP contribution in [-0.4, -0.2) is 70.0 Å². The molecule has 6 atom stereocenters. The van der Waals surface area contributed by atoms with E-state index in [2.05, 4.69) is 26.9 Å². The third-order valence-corrected chi connectivity index (χ3v) is 10.2. The molecule has 240 valence electrons. The smallest absolute Gasteiger partial charge is 0.319 e.